The minimum absolute atomic E-state index is 0.186. The van der Waals surface area contributed by atoms with Gasteiger partial charge in [0.2, 0.25) is 9.84 Å². The van der Waals surface area contributed by atoms with Crippen LogP contribution in [0.3, 0.4) is 0 Å². The molecule has 2 aromatic carbocycles. The highest BCUT2D eigenvalue weighted by molar-refractivity contribution is 7.91. The number of sulfone groups is 1. The van der Waals surface area contributed by atoms with Crippen molar-refractivity contribution in [2.24, 2.45) is 0 Å². The highest BCUT2D eigenvalue weighted by Crippen LogP contribution is 2.35. The van der Waals surface area contributed by atoms with Gasteiger partial charge in [-0.05, 0) is 24.3 Å². The number of fused-ring (bicyclic) bond motifs is 1. The summed E-state index contributed by atoms with van der Waals surface area (Å²) in [7, 11) is -3.56. The van der Waals surface area contributed by atoms with Crippen LogP contribution in [-0.2, 0) is 9.84 Å². The fourth-order valence-corrected chi connectivity index (χ4v) is 3.70. The summed E-state index contributed by atoms with van der Waals surface area (Å²) in [6.07, 6.45) is 0.633. The summed E-state index contributed by atoms with van der Waals surface area (Å²) in [5.41, 5.74) is 0.760. The van der Waals surface area contributed by atoms with E-state index >= 15 is 0 Å². The van der Waals surface area contributed by atoms with Gasteiger partial charge in [0.25, 0.3) is 0 Å². The molecule has 4 nitrogen and oxygen atoms in total. The van der Waals surface area contributed by atoms with Gasteiger partial charge >= 0.3 is 0 Å². The molecule has 1 aliphatic heterocycles. The number of rotatable bonds is 2. The quantitative estimate of drug-likeness (QED) is 0.855. The van der Waals surface area contributed by atoms with Crippen molar-refractivity contribution in [3.63, 3.8) is 0 Å². The van der Waals surface area contributed by atoms with E-state index in [0.717, 1.165) is 5.56 Å². The predicted molar refractivity (Wildman–Crippen MR) is 76.8 cm³/mol. The van der Waals surface area contributed by atoms with Crippen LogP contribution in [0.4, 0.5) is 0 Å². The van der Waals surface area contributed by atoms with E-state index in [-0.39, 0.29) is 15.7 Å². The topological polar surface area (TPSA) is 67.2 Å². The summed E-state index contributed by atoms with van der Waals surface area (Å²) in [6.45, 7) is 0.431. The minimum Gasteiger partial charge on any atom is -0.493 e. The van der Waals surface area contributed by atoms with Gasteiger partial charge in [0, 0.05) is 12.0 Å². The van der Waals surface area contributed by atoms with Crippen LogP contribution >= 0.6 is 0 Å². The zero-order valence-electron chi connectivity index (χ0n) is 11.2. The largest absolute Gasteiger partial charge is 0.493 e. The maximum absolute atomic E-state index is 12.6. The summed E-state index contributed by atoms with van der Waals surface area (Å²) in [6, 6.07) is 15.2. The van der Waals surface area contributed by atoms with Crippen LogP contribution in [0.2, 0.25) is 0 Å². The molecule has 0 unspecified atom stereocenters. The van der Waals surface area contributed by atoms with E-state index in [0.29, 0.717) is 18.8 Å². The molecule has 1 heterocycles. The zero-order chi connectivity index (χ0) is 14.9. The Morgan fingerprint density at radius 3 is 2.57 bits per heavy atom. The maximum Gasteiger partial charge on any atom is 0.206 e. The van der Waals surface area contributed by atoms with E-state index in [1.807, 2.05) is 0 Å². The van der Waals surface area contributed by atoms with Crippen molar-refractivity contribution in [2.45, 2.75) is 22.1 Å². The van der Waals surface area contributed by atoms with E-state index in [2.05, 4.69) is 6.07 Å². The Labute approximate surface area is 123 Å². The van der Waals surface area contributed by atoms with Crippen LogP contribution in [0.5, 0.6) is 5.75 Å². The third-order valence-corrected chi connectivity index (χ3v) is 5.31. The molecule has 0 aromatic heterocycles. The normalized spacial score (nSPS) is 17.4. The van der Waals surface area contributed by atoms with E-state index < -0.39 is 9.84 Å². The van der Waals surface area contributed by atoms with E-state index in [9.17, 15) is 8.42 Å². The smallest absolute Gasteiger partial charge is 0.206 e. The average Bonchev–Trinajstić information content (AvgIpc) is 2.54. The SMILES string of the molecule is N#C[C@H]1CCOc2cc(S(=O)(=O)c3ccccc3)ccc21. The second kappa shape index (κ2) is 5.23. The third kappa shape index (κ3) is 2.39. The third-order valence-electron chi connectivity index (χ3n) is 3.54. The Kier molecular flexibility index (Phi) is 3.40. The highest BCUT2D eigenvalue weighted by atomic mass is 32.2. The van der Waals surface area contributed by atoms with Crippen molar-refractivity contribution in [3.05, 3.63) is 54.1 Å². The number of benzene rings is 2. The first-order valence-electron chi connectivity index (χ1n) is 6.59. The molecule has 1 atom stereocenters. The van der Waals surface area contributed by atoms with Gasteiger partial charge in [-0.1, -0.05) is 24.3 Å². The van der Waals surface area contributed by atoms with Crippen molar-refractivity contribution in [1.82, 2.24) is 0 Å². The van der Waals surface area contributed by atoms with E-state index in [4.69, 9.17) is 10.00 Å². The second-order valence-corrected chi connectivity index (χ2v) is 6.78. The Hall–Kier alpha value is -2.32. The van der Waals surface area contributed by atoms with Crippen molar-refractivity contribution in [1.29, 1.82) is 5.26 Å². The predicted octanol–water partition coefficient (Wildman–Crippen LogP) is 2.91. The summed E-state index contributed by atoms with van der Waals surface area (Å²) < 4.78 is 30.6. The molecular formula is C16H13NO3S. The van der Waals surface area contributed by atoms with Crippen molar-refractivity contribution in [3.8, 4) is 11.8 Å². The van der Waals surface area contributed by atoms with Gasteiger partial charge < -0.3 is 4.74 Å². The average molecular weight is 299 g/mol. The molecule has 0 radical (unpaired) electrons. The van der Waals surface area contributed by atoms with Crippen LogP contribution in [0.25, 0.3) is 0 Å². The molecule has 21 heavy (non-hydrogen) atoms. The fourth-order valence-electron chi connectivity index (χ4n) is 2.41. The van der Waals surface area contributed by atoms with Gasteiger partial charge in [0.15, 0.2) is 0 Å². The minimum atomic E-state index is -3.56. The monoisotopic (exact) mass is 299 g/mol. The van der Waals surface area contributed by atoms with Crippen molar-refractivity contribution >= 4 is 9.84 Å². The first kappa shape index (κ1) is 13.7. The van der Waals surface area contributed by atoms with E-state index in [1.54, 1.807) is 42.5 Å². The number of hydrogen-bond acceptors (Lipinski definition) is 4. The lowest BCUT2D eigenvalue weighted by atomic mass is 9.95. The lowest BCUT2D eigenvalue weighted by Gasteiger charge is -2.21. The maximum atomic E-state index is 12.6. The fraction of sp³-hybridized carbons (Fsp3) is 0.188. The number of nitrogens with zero attached hydrogens (tertiary/aromatic N) is 1. The summed E-state index contributed by atoms with van der Waals surface area (Å²) in [5, 5.41) is 9.12. The van der Waals surface area contributed by atoms with Crippen molar-refractivity contribution in [2.75, 3.05) is 6.61 Å². The zero-order valence-corrected chi connectivity index (χ0v) is 12.0. The molecule has 0 aliphatic carbocycles. The van der Waals surface area contributed by atoms with Gasteiger partial charge in [-0.25, -0.2) is 8.42 Å². The summed E-state index contributed by atoms with van der Waals surface area (Å²) >= 11 is 0. The molecule has 3 rings (SSSR count). The number of hydrogen-bond donors (Lipinski definition) is 0. The van der Waals surface area contributed by atoms with Gasteiger partial charge in [-0.2, -0.15) is 5.26 Å². The molecular weight excluding hydrogens is 286 g/mol. The molecule has 106 valence electrons. The Bertz CT molecular complexity index is 807. The molecule has 1 aliphatic rings. The molecule has 0 saturated carbocycles. The van der Waals surface area contributed by atoms with Gasteiger partial charge in [0.1, 0.15) is 5.75 Å². The Balaban J connectivity index is 2.08. The lowest BCUT2D eigenvalue weighted by molar-refractivity contribution is 0.279. The molecule has 0 bridgehead atoms. The summed E-state index contributed by atoms with van der Waals surface area (Å²) in [5.74, 6) is 0.257. The second-order valence-electron chi connectivity index (χ2n) is 4.83. The molecule has 0 fully saturated rings. The van der Waals surface area contributed by atoms with Crippen LogP contribution in [0.15, 0.2) is 58.3 Å². The first-order valence-corrected chi connectivity index (χ1v) is 8.08. The molecule has 5 heteroatoms. The molecule has 0 spiro atoms. The van der Waals surface area contributed by atoms with Gasteiger partial charge in [-0.3, -0.25) is 0 Å². The van der Waals surface area contributed by atoms with Gasteiger partial charge in [0.05, 0.1) is 28.4 Å². The van der Waals surface area contributed by atoms with Crippen molar-refractivity contribution < 1.29 is 13.2 Å². The van der Waals surface area contributed by atoms with Gasteiger partial charge in [-0.15, -0.1) is 0 Å². The standard InChI is InChI=1S/C16H13NO3S/c17-11-12-8-9-20-16-10-14(6-7-15(12)16)21(18,19)13-4-2-1-3-5-13/h1-7,10,12H,8-9H2/t12-/m1/s1. The van der Waals surface area contributed by atoms with Crippen LogP contribution < -0.4 is 4.74 Å². The molecule has 0 N–H and O–H groups in total. The molecule has 2 aromatic rings. The first-order chi connectivity index (χ1) is 10.1. The Morgan fingerprint density at radius 2 is 1.86 bits per heavy atom. The number of nitriles is 1. The summed E-state index contributed by atoms with van der Waals surface area (Å²) in [4.78, 5) is 0.434. The molecule has 0 amide bonds. The highest BCUT2D eigenvalue weighted by Gasteiger charge is 2.24. The van der Waals surface area contributed by atoms with E-state index in [1.165, 1.54) is 6.07 Å². The lowest BCUT2D eigenvalue weighted by Crippen LogP contribution is -2.14. The molecule has 0 saturated heterocycles. The number of ether oxygens (including phenoxy) is 1. The Morgan fingerprint density at radius 1 is 1.10 bits per heavy atom. The van der Waals surface area contributed by atoms with Crippen LogP contribution in [0.1, 0.15) is 17.9 Å². The van der Waals surface area contributed by atoms with Crippen LogP contribution in [0, 0.1) is 11.3 Å². The van der Waals surface area contributed by atoms with Crippen LogP contribution in [-0.4, -0.2) is 15.0 Å².